The van der Waals surface area contributed by atoms with Crippen molar-refractivity contribution in [3.8, 4) is 39.7 Å². The summed E-state index contributed by atoms with van der Waals surface area (Å²) in [6.45, 7) is 0. The highest BCUT2D eigenvalue weighted by Crippen LogP contribution is 2.63. The number of pyridine rings is 2. The van der Waals surface area contributed by atoms with Crippen molar-refractivity contribution >= 4 is 50.6 Å². The number of rotatable bonds is 3. The number of hydrogen-bond donors (Lipinski definition) is 0. The molecule has 2 aliphatic carbocycles. The van der Waals surface area contributed by atoms with E-state index >= 15 is 0 Å². The molecule has 0 saturated heterocycles. The lowest BCUT2D eigenvalue weighted by atomic mass is 9.66. The van der Waals surface area contributed by atoms with Gasteiger partial charge >= 0.3 is 0 Å². The molecular formula is C60H36N4OS. The maximum Gasteiger partial charge on any atom is 0.156 e. The number of ether oxygens (including phenoxy) is 1. The molecule has 4 aliphatic rings. The number of aromatic nitrogens is 3. The molecule has 15 rings (SSSR count). The third kappa shape index (κ3) is 4.70. The van der Waals surface area contributed by atoms with Crippen LogP contribution in [0.4, 0.5) is 17.1 Å². The predicted molar refractivity (Wildman–Crippen MR) is 265 cm³/mol. The molecule has 308 valence electrons. The Hall–Kier alpha value is -8.19. The number of para-hydroxylation sites is 5. The van der Waals surface area contributed by atoms with Crippen molar-refractivity contribution in [2.24, 2.45) is 0 Å². The summed E-state index contributed by atoms with van der Waals surface area (Å²) in [7, 11) is 0. The monoisotopic (exact) mass is 860 g/mol. The summed E-state index contributed by atoms with van der Waals surface area (Å²) in [6, 6.07) is 72.8. The second-order valence-electron chi connectivity index (χ2n) is 17.6. The number of anilines is 3. The van der Waals surface area contributed by atoms with Crippen molar-refractivity contribution in [2.45, 2.75) is 21.1 Å². The second kappa shape index (κ2) is 13.4. The summed E-state index contributed by atoms with van der Waals surface area (Å²) in [5.41, 5.74) is 18.5. The highest BCUT2D eigenvalue weighted by Gasteiger charge is 2.53. The fraction of sp³-hybridized carbons (Fsp3) is 0.0333. The predicted octanol–water partition coefficient (Wildman–Crippen LogP) is 15.1. The van der Waals surface area contributed by atoms with Crippen LogP contribution in [-0.2, 0) is 5.41 Å². The molecule has 1 unspecified atom stereocenters. The first-order valence-corrected chi connectivity index (χ1v) is 23.3. The van der Waals surface area contributed by atoms with Gasteiger partial charge in [-0.25, -0.2) is 0 Å². The highest BCUT2D eigenvalue weighted by molar-refractivity contribution is 7.99. The van der Waals surface area contributed by atoms with Crippen LogP contribution in [0.1, 0.15) is 44.9 Å². The molecule has 0 saturated carbocycles. The number of benzene rings is 8. The Balaban J connectivity index is 0.974. The van der Waals surface area contributed by atoms with Gasteiger partial charge in [0.2, 0.25) is 0 Å². The van der Waals surface area contributed by atoms with Crippen LogP contribution in [0.25, 0.3) is 50.0 Å². The molecule has 6 heteroatoms. The van der Waals surface area contributed by atoms with Crippen LogP contribution in [0, 0.1) is 0 Å². The third-order valence-electron chi connectivity index (χ3n) is 14.4. The number of hydrogen-bond acceptors (Lipinski definition) is 5. The standard InChI is InChI=1S/C60H36N4OS/c1-3-18-41-38(15-1)39-16-2-4-19-42(39)56(41)36-33-47-58(62-35-36)57-45(22-14-32-61-57)60(47)44-20-6-10-27-53(44)65-59-46(60)21-13-26-52(59)64-48-23-7-5-17-40(48)43-34-37(30-31-49(43)64)63-50-24-8-11-28-54(50)66-55-29-12-9-25-51(55)63/h1-35,56H. The molecule has 0 radical (unpaired) electrons. The van der Waals surface area contributed by atoms with Crippen LogP contribution in [0.2, 0.25) is 0 Å². The van der Waals surface area contributed by atoms with Crippen molar-refractivity contribution in [1.29, 1.82) is 0 Å². The van der Waals surface area contributed by atoms with E-state index in [9.17, 15) is 0 Å². The summed E-state index contributed by atoms with van der Waals surface area (Å²) in [5.74, 6) is 1.69. The Bertz CT molecular complexity index is 3800. The first kappa shape index (κ1) is 36.2. The average Bonchev–Trinajstić information content (AvgIpc) is 3.99. The summed E-state index contributed by atoms with van der Waals surface area (Å²) in [6.07, 6.45) is 3.99. The molecule has 3 aromatic heterocycles. The van der Waals surface area contributed by atoms with Crippen LogP contribution in [0.15, 0.2) is 222 Å². The van der Waals surface area contributed by atoms with Gasteiger partial charge in [-0.2, -0.15) is 0 Å². The van der Waals surface area contributed by atoms with Crippen molar-refractivity contribution in [3.63, 3.8) is 0 Å². The second-order valence-corrected chi connectivity index (χ2v) is 18.7. The minimum absolute atomic E-state index is 0.0398. The molecule has 8 aromatic carbocycles. The van der Waals surface area contributed by atoms with Crippen LogP contribution in [0.3, 0.4) is 0 Å². The van der Waals surface area contributed by atoms with Crippen molar-refractivity contribution < 1.29 is 4.74 Å². The van der Waals surface area contributed by atoms with E-state index in [0.29, 0.717) is 0 Å². The van der Waals surface area contributed by atoms with Gasteiger partial charge in [0.15, 0.2) is 5.75 Å². The van der Waals surface area contributed by atoms with Gasteiger partial charge in [-0.1, -0.05) is 139 Å². The quantitative estimate of drug-likeness (QED) is 0.177. The minimum Gasteiger partial charge on any atom is -0.454 e. The van der Waals surface area contributed by atoms with Gasteiger partial charge in [0.25, 0.3) is 0 Å². The molecule has 2 aliphatic heterocycles. The largest absolute Gasteiger partial charge is 0.454 e. The average molecular weight is 861 g/mol. The van der Waals surface area contributed by atoms with Gasteiger partial charge in [0.05, 0.1) is 44.9 Å². The molecule has 66 heavy (non-hydrogen) atoms. The topological polar surface area (TPSA) is 43.2 Å². The van der Waals surface area contributed by atoms with E-state index < -0.39 is 5.41 Å². The first-order valence-electron chi connectivity index (χ1n) is 22.5. The summed E-state index contributed by atoms with van der Waals surface area (Å²) in [4.78, 5) is 15.4. The van der Waals surface area contributed by atoms with Gasteiger partial charge in [-0.05, 0) is 106 Å². The van der Waals surface area contributed by atoms with Gasteiger partial charge in [-0.15, -0.1) is 0 Å². The highest BCUT2D eigenvalue weighted by atomic mass is 32.2. The Morgan fingerprint density at radius 2 is 1.12 bits per heavy atom. The lowest BCUT2D eigenvalue weighted by molar-refractivity contribution is 0.434. The molecule has 1 spiro atoms. The summed E-state index contributed by atoms with van der Waals surface area (Å²) < 4.78 is 9.70. The van der Waals surface area contributed by atoms with E-state index in [4.69, 9.17) is 14.7 Å². The van der Waals surface area contributed by atoms with Crippen molar-refractivity contribution in [3.05, 3.63) is 252 Å². The Morgan fingerprint density at radius 1 is 0.485 bits per heavy atom. The van der Waals surface area contributed by atoms with Crippen LogP contribution in [0.5, 0.6) is 11.5 Å². The normalized spacial score (nSPS) is 15.9. The van der Waals surface area contributed by atoms with E-state index in [-0.39, 0.29) is 5.92 Å². The molecule has 5 heterocycles. The van der Waals surface area contributed by atoms with Crippen molar-refractivity contribution in [2.75, 3.05) is 4.90 Å². The molecule has 0 bridgehead atoms. The summed E-state index contributed by atoms with van der Waals surface area (Å²) >= 11 is 1.83. The van der Waals surface area contributed by atoms with Gasteiger partial charge in [0.1, 0.15) is 5.75 Å². The van der Waals surface area contributed by atoms with Gasteiger partial charge in [0, 0.05) is 61.3 Å². The Labute approximate surface area is 385 Å². The van der Waals surface area contributed by atoms with Gasteiger partial charge in [-0.3, -0.25) is 9.97 Å². The fourth-order valence-electron chi connectivity index (χ4n) is 11.8. The lowest BCUT2D eigenvalue weighted by Crippen LogP contribution is -2.33. The van der Waals surface area contributed by atoms with Crippen LogP contribution < -0.4 is 9.64 Å². The van der Waals surface area contributed by atoms with E-state index in [1.54, 1.807) is 0 Å². The van der Waals surface area contributed by atoms with E-state index in [1.165, 1.54) is 54.2 Å². The smallest absolute Gasteiger partial charge is 0.156 e. The van der Waals surface area contributed by atoms with Crippen molar-refractivity contribution in [1.82, 2.24) is 14.5 Å². The molecule has 11 aromatic rings. The molecule has 0 amide bonds. The van der Waals surface area contributed by atoms with Gasteiger partial charge < -0.3 is 14.2 Å². The maximum absolute atomic E-state index is 7.29. The zero-order valence-electron chi connectivity index (χ0n) is 35.4. The van der Waals surface area contributed by atoms with E-state index in [2.05, 4.69) is 216 Å². The Morgan fingerprint density at radius 3 is 1.94 bits per heavy atom. The van der Waals surface area contributed by atoms with Crippen LogP contribution in [-0.4, -0.2) is 14.5 Å². The molecule has 0 fully saturated rings. The number of fused-ring (bicyclic) bond motifs is 17. The van der Waals surface area contributed by atoms with E-state index in [1.807, 2.05) is 18.0 Å². The molecule has 1 atom stereocenters. The SMILES string of the molecule is c1ccc2c(c1)Oc1c(-n3c4ccccc4c4cc(N5c6ccccc6Sc6ccccc65)ccc43)cccc1C21c2cccnc2-c2ncc(C3c4ccccc4-c4ccccc43)cc21. The molecule has 5 nitrogen and oxygen atoms in total. The lowest BCUT2D eigenvalue weighted by Gasteiger charge is -2.39. The molecule has 0 N–H and O–H groups in total. The third-order valence-corrected chi connectivity index (χ3v) is 15.5. The maximum atomic E-state index is 7.29. The van der Waals surface area contributed by atoms with Crippen LogP contribution >= 0.6 is 11.8 Å². The van der Waals surface area contributed by atoms with E-state index in [0.717, 1.165) is 73.1 Å². The number of nitrogens with zero attached hydrogens (tertiary/aromatic N) is 4. The first-order chi connectivity index (χ1) is 32.8. The zero-order chi connectivity index (χ0) is 43.1. The fourth-order valence-corrected chi connectivity index (χ4v) is 12.9. The minimum atomic E-state index is -0.765. The Kier molecular flexibility index (Phi) is 7.36. The summed E-state index contributed by atoms with van der Waals surface area (Å²) in [5, 5.41) is 2.35. The molecular weight excluding hydrogens is 825 g/mol. The zero-order valence-corrected chi connectivity index (χ0v) is 36.2.